The molecule has 0 heterocycles. The zero-order valence-electron chi connectivity index (χ0n) is 15.8. The van der Waals surface area contributed by atoms with Gasteiger partial charge in [0.1, 0.15) is 11.5 Å². The molecule has 0 saturated heterocycles. The van der Waals surface area contributed by atoms with Crippen molar-refractivity contribution in [3.05, 3.63) is 54.1 Å². The molecule has 2 rings (SSSR count). The quantitative estimate of drug-likeness (QED) is 0.605. The highest BCUT2D eigenvalue weighted by atomic mass is 16.5. The Morgan fingerprint density at radius 1 is 0.821 bits per heavy atom. The van der Waals surface area contributed by atoms with Crippen LogP contribution in [0, 0.1) is 0 Å². The highest BCUT2D eigenvalue weighted by Crippen LogP contribution is 2.16. The van der Waals surface area contributed by atoms with Crippen LogP contribution in [0.25, 0.3) is 0 Å². The lowest BCUT2D eigenvalue weighted by molar-refractivity contribution is -0.124. The second-order valence-electron chi connectivity index (χ2n) is 5.74. The highest BCUT2D eigenvalue weighted by molar-refractivity contribution is 5.96. The molecule has 0 radical (unpaired) electrons. The van der Waals surface area contributed by atoms with E-state index in [9.17, 15) is 14.4 Å². The van der Waals surface area contributed by atoms with Crippen LogP contribution in [0.1, 0.15) is 30.1 Å². The maximum Gasteiger partial charge on any atom is 0.269 e. The van der Waals surface area contributed by atoms with Crippen molar-refractivity contribution in [2.45, 2.75) is 19.8 Å². The van der Waals surface area contributed by atoms with Gasteiger partial charge in [0.05, 0.1) is 13.7 Å². The summed E-state index contributed by atoms with van der Waals surface area (Å²) in [5, 5.41) is 2.69. The van der Waals surface area contributed by atoms with E-state index in [2.05, 4.69) is 16.2 Å². The number of carbonyl (C=O) groups excluding carboxylic acids is 3. The van der Waals surface area contributed by atoms with E-state index < -0.39 is 11.8 Å². The van der Waals surface area contributed by atoms with Crippen LogP contribution >= 0.6 is 0 Å². The van der Waals surface area contributed by atoms with E-state index >= 15 is 0 Å². The summed E-state index contributed by atoms with van der Waals surface area (Å²) in [5.41, 5.74) is 5.57. The molecule has 0 atom stereocenters. The van der Waals surface area contributed by atoms with Gasteiger partial charge in [0.15, 0.2) is 0 Å². The first kappa shape index (κ1) is 20.8. The van der Waals surface area contributed by atoms with Gasteiger partial charge in [-0.05, 0) is 55.5 Å². The van der Waals surface area contributed by atoms with Crippen LogP contribution in [-0.2, 0) is 9.59 Å². The fourth-order valence-electron chi connectivity index (χ4n) is 2.26. The molecule has 0 aromatic heterocycles. The minimum absolute atomic E-state index is 0.0164. The number of benzene rings is 2. The Hall–Kier alpha value is -3.55. The van der Waals surface area contributed by atoms with Crippen LogP contribution in [0.2, 0.25) is 0 Å². The zero-order chi connectivity index (χ0) is 20.4. The van der Waals surface area contributed by atoms with Gasteiger partial charge in [0.2, 0.25) is 11.8 Å². The van der Waals surface area contributed by atoms with Crippen LogP contribution in [-0.4, -0.2) is 31.4 Å². The molecule has 3 N–H and O–H groups in total. The van der Waals surface area contributed by atoms with Gasteiger partial charge < -0.3 is 14.8 Å². The number of nitrogens with one attached hydrogen (secondary N) is 3. The van der Waals surface area contributed by atoms with Gasteiger partial charge >= 0.3 is 0 Å². The van der Waals surface area contributed by atoms with Gasteiger partial charge in [-0.2, -0.15) is 0 Å². The smallest absolute Gasteiger partial charge is 0.269 e. The summed E-state index contributed by atoms with van der Waals surface area (Å²) in [7, 11) is 1.53. The SMILES string of the molecule is CCOc1ccc(NC(=O)CCC(=O)NNC(=O)c2ccc(OC)cc2)cc1. The number of anilines is 1. The second kappa shape index (κ2) is 10.6. The lowest BCUT2D eigenvalue weighted by atomic mass is 10.2. The molecule has 0 aliphatic carbocycles. The number of hydrogen-bond donors (Lipinski definition) is 3. The molecule has 3 amide bonds. The molecular formula is C20H23N3O5. The summed E-state index contributed by atoms with van der Waals surface area (Å²) >= 11 is 0. The van der Waals surface area contributed by atoms with Crippen molar-refractivity contribution in [1.29, 1.82) is 0 Å². The number of ether oxygens (including phenoxy) is 2. The number of carbonyl (C=O) groups is 3. The Morgan fingerprint density at radius 2 is 1.43 bits per heavy atom. The van der Waals surface area contributed by atoms with Crippen LogP contribution in [0.5, 0.6) is 11.5 Å². The van der Waals surface area contributed by atoms with Crippen molar-refractivity contribution in [2.75, 3.05) is 19.0 Å². The minimum atomic E-state index is -0.469. The molecule has 0 fully saturated rings. The summed E-state index contributed by atoms with van der Waals surface area (Å²) in [4.78, 5) is 35.7. The van der Waals surface area contributed by atoms with E-state index in [0.29, 0.717) is 29.4 Å². The summed E-state index contributed by atoms with van der Waals surface area (Å²) in [5.74, 6) is 0.103. The molecule has 2 aromatic carbocycles. The predicted molar refractivity (Wildman–Crippen MR) is 104 cm³/mol. The van der Waals surface area contributed by atoms with Gasteiger partial charge in [-0.25, -0.2) is 0 Å². The molecule has 8 nitrogen and oxygen atoms in total. The number of rotatable bonds is 8. The second-order valence-corrected chi connectivity index (χ2v) is 5.74. The summed E-state index contributed by atoms with van der Waals surface area (Å²) < 4.78 is 10.3. The standard InChI is InChI=1S/C20H23N3O5/c1-3-28-17-10-6-15(7-11-17)21-18(24)12-13-19(25)22-23-20(26)14-4-8-16(27-2)9-5-14/h4-11H,3,12-13H2,1-2H3,(H,21,24)(H,22,25)(H,23,26). The van der Waals surface area contributed by atoms with Crippen molar-refractivity contribution in [3.8, 4) is 11.5 Å². The Kier molecular flexibility index (Phi) is 7.83. The maximum atomic E-state index is 11.9. The largest absolute Gasteiger partial charge is 0.497 e. The molecule has 2 aromatic rings. The fourth-order valence-corrected chi connectivity index (χ4v) is 2.26. The zero-order valence-corrected chi connectivity index (χ0v) is 15.8. The van der Waals surface area contributed by atoms with E-state index in [1.54, 1.807) is 48.5 Å². The molecule has 0 aliphatic rings. The van der Waals surface area contributed by atoms with E-state index in [-0.39, 0.29) is 18.7 Å². The Labute approximate surface area is 163 Å². The number of methoxy groups -OCH3 is 1. The molecular weight excluding hydrogens is 362 g/mol. The van der Waals surface area contributed by atoms with Crippen molar-refractivity contribution in [1.82, 2.24) is 10.9 Å². The molecule has 0 spiro atoms. The third-order valence-corrected chi connectivity index (χ3v) is 3.70. The van der Waals surface area contributed by atoms with E-state index in [4.69, 9.17) is 9.47 Å². The predicted octanol–water partition coefficient (Wildman–Crippen LogP) is 2.27. The first-order chi connectivity index (χ1) is 13.5. The fraction of sp³-hybridized carbons (Fsp3) is 0.250. The summed E-state index contributed by atoms with van der Waals surface area (Å²) in [6.45, 7) is 2.45. The third kappa shape index (κ3) is 6.64. The van der Waals surface area contributed by atoms with E-state index in [1.165, 1.54) is 7.11 Å². The molecule has 8 heteroatoms. The normalized spacial score (nSPS) is 9.93. The van der Waals surface area contributed by atoms with Crippen LogP contribution in [0.3, 0.4) is 0 Å². The Balaban J connectivity index is 1.70. The van der Waals surface area contributed by atoms with Crippen molar-refractivity contribution in [2.24, 2.45) is 0 Å². The van der Waals surface area contributed by atoms with Gasteiger partial charge in [-0.15, -0.1) is 0 Å². The minimum Gasteiger partial charge on any atom is -0.497 e. The summed E-state index contributed by atoms with van der Waals surface area (Å²) in [6, 6.07) is 13.4. The van der Waals surface area contributed by atoms with Crippen molar-refractivity contribution < 1.29 is 23.9 Å². The maximum absolute atomic E-state index is 11.9. The van der Waals surface area contributed by atoms with Crippen molar-refractivity contribution >= 4 is 23.4 Å². The Morgan fingerprint density at radius 3 is 2.04 bits per heavy atom. The molecule has 0 unspecified atom stereocenters. The van der Waals surface area contributed by atoms with Crippen LogP contribution in [0.15, 0.2) is 48.5 Å². The van der Waals surface area contributed by atoms with Crippen molar-refractivity contribution in [3.63, 3.8) is 0 Å². The number of hydrogen-bond acceptors (Lipinski definition) is 5. The number of amides is 3. The van der Waals surface area contributed by atoms with E-state index in [1.807, 2.05) is 6.92 Å². The lowest BCUT2D eigenvalue weighted by Crippen LogP contribution is -2.41. The molecule has 0 aliphatic heterocycles. The highest BCUT2D eigenvalue weighted by Gasteiger charge is 2.10. The Bertz CT molecular complexity index is 804. The van der Waals surface area contributed by atoms with Gasteiger partial charge in [-0.3, -0.25) is 25.2 Å². The molecule has 28 heavy (non-hydrogen) atoms. The monoisotopic (exact) mass is 385 g/mol. The molecule has 0 bridgehead atoms. The van der Waals surface area contributed by atoms with Crippen LogP contribution in [0.4, 0.5) is 5.69 Å². The van der Waals surface area contributed by atoms with Crippen LogP contribution < -0.4 is 25.6 Å². The topological polar surface area (TPSA) is 106 Å². The summed E-state index contributed by atoms with van der Waals surface area (Å²) in [6.07, 6.45) is -0.0802. The average Bonchev–Trinajstić information content (AvgIpc) is 2.72. The average molecular weight is 385 g/mol. The van der Waals surface area contributed by atoms with E-state index in [0.717, 1.165) is 0 Å². The van der Waals surface area contributed by atoms with Gasteiger partial charge in [0, 0.05) is 24.1 Å². The first-order valence-corrected chi connectivity index (χ1v) is 8.77. The third-order valence-electron chi connectivity index (χ3n) is 3.70. The van der Waals surface area contributed by atoms with Gasteiger partial charge in [-0.1, -0.05) is 0 Å². The lowest BCUT2D eigenvalue weighted by Gasteiger charge is -2.09. The van der Waals surface area contributed by atoms with Gasteiger partial charge in [0.25, 0.3) is 5.91 Å². The first-order valence-electron chi connectivity index (χ1n) is 8.77. The number of hydrazine groups is 1. The molecule has 0 saturated carbocycles. The molecule has 148 valence electrons.